The van der Waals surface area contributed by atoms with Crippen LogP contribution < -0.4 is 11.1 Å². The summed E-state index contributed by atoms with van der Waals surface area (Å²) in [4.78, 5) is 23.1. The highest BCUT2D eigenvalue weighted by Crippen LogP contribution is 2.35. The smallest absolute Gasteiger partial charge is 0.251 e. The molecule has 0 spiro atoms. The molecule has 0 aliphatic carbocycles. The number of amides is 2. The topological polar surface area (TPSA) is 106 Å². The van der Waals surface area contributed by atoms with Crippen molar-refractivity contribution in [2.75, 3.05) is 12.7 Å². The summed E-state index contributed by atoms with van der Waals surface area (Å²) in [7, 11) is -2.35. The molecular weight excluding hydrogens is 382 g/mol. The van der Waals surface area contributed by atoms with Gasteiger partial charge >= 0.3 is 0 Å². The van der Waals surface area contributed by atoms with Crippen LogP contribution in [0.15, 0.2) is 48.5 Å². The summed E-state index contributed by atoms with van der Waals surface area (Å²) in [6.07, 6.45) is 4.70. The van der Waals surface area contributed by atoms with Crippen LogP contribution in [0.4, 0.5) is 0 Å². The van der Waals surface area contributed by atoms with Crippen molar-refractivity contribution >= 4 is 39.6 Å². The minimum atomic E-state index is -2.05. The Morgan fingerprint density at radius 3 is 1.96 bits per heavy atom. The van der Waals surface area contributed by atoms with Crippen LogP contribution in [0.2, 0.25) is 0 Å². The lowest BCUT2D eigenvalue weighted by Gasteiger charge is -2.04. The molecule has 0 aliphatic rings. The van der Waals surface area contributed by atoms with Crippen LogP contribution in [0.25, 0.3) is 12.2 Å². The Labute approximate surface area is 159 Å². The molecule has 0 aromatic heterocycles. The number of nitrogens with two attached hydrogens (primary N) is 1. The molecule has 2 rings (SSSR count). The van der Waals surface area contributed by atoms with Crippen molar-refractivity contribution in [1.82, 2.24) is 5.32 Å². The predicted octanol–water partition coefficient (Wildman–Crippen LogP) is 3.84. The zero-order chi connectivity index (χ0) is 19.6. The van der Waals surface area contributed by atoms with Gasteiger partial charge < -0.3 is 15.6 Å². The first-order valence-electron chi connectivity index (χ1n) is 8.32. The van der Waals surface area contributed by atoms with Crippen LogP contribution in [0.1, 0.15) is 38.3 Å². The number of hydrogen-bond acceptors (Lipinski definition) is 4. The maximum atomic E-state index is 12.0. The van der Waals surface area contributed by atoms with Gasteiger partial charge in [-0.2, -0.15) is 0 Å². The van der Waals surface area contributed by atoms with E-state index in [-0.39, 0.29) is 14.1 Å². The summed E-state index contributed by atoms with van der Waals surface area (Å²) in [5.74, 6) is -0.661. The Hall–Kier alpha value is -2.55. The van der Waals surface area contributed by atoms with Gasteiger partial charge in [-0.15, -0.1) is 0 Å². The minimum absolute atomic E-state index is 0.202. The summed E-state index contributed by atoms with van der Waals surface area (Å²) in [5.41, 5.74) is 8.06. The summed E-state index contributed by atoms with van der Waals surface area (Å²) >= 11 is 0. The van der Waals surface area contributed by atoms with Crippen molar-refractivity contribution in [2.45, 2.75) is 6.42 Å². The normalized spacial score (nSPS) is 12.1. The lowest BCUT2D eigenvalue weighted by molar-refractivity contribution is 0.0952. The second kappa shape index (κ2) is 10.6. The fourth-order valence-corrected chi connectivity index (χ4v) is 3.60. The van der Waals surface area contributed by atoms with E-state index in [4.69, 9.17) is 5.73 Å². The van der Waals surface area contributed by atoms with E-state index in [2.05, 4.69) is 5.32 Å². The molecule has 0 bridgehead atoms. The van der Waals surface area contributed by atoms with Gasteiger partial charge in [0.2, 0.25) is 14.1 Å². The molecule has 2 aromatic carbocycles. The number of rotatable bonds is 9. The first-order valence-corrected chi connectivity index (χ1v) is 11.6. The highest BCUT2D eigenvalue weighted by Gasteiger charge is 2.05. The molecular formula is C19H20N2O4P2. The SMILES string of the molecule is NC(=O)c1ccc(/C=C/c2ccc(C(=O)NCCC[PH](=O)P=O)cc2)cc1. The van der Waals surface area contributed by atoms with Crippen molar-refractivity contribution in [3.8, 4) is 0 Å². The van der Waals surface area contributed by atoms with E-state index in [1.54, 1.807) is 36.4 Å². The van der Waals surface area contributed by atoms with E-state index in [1.165, 1.54) is 0 Å². The predicted molar refractivity (Wildman–Crippen MR) is 109 cm³/mol. The van der Waals surface area contributed by atoms with Crippen LogP contribution >= 0.6 is 15.6 Å². The van der Waals surface area contributed by atoms with Gasteiger partial charge in [-0.05, 0) is 41.8 Å². The van der Waals surface area contributed by atoms with Crippen molar-refractivity contribution < 1.29 is 18.7 Å². The zero-order valence-electron chi connectivity index (χ0n) is 14.6. The van der Waals surface area contributed by atoms with Gasteiger partial charge in [-0.25, -0.2) is 0 Å². The molecule has 3 N–H and O–H groups in total. The summed E-state index contributed by atoms with van der Waals surface area (Å²) in [5, 5.41) is 2.75. The van der Waals surface area contributed by atoms with Crippen molar-refractivity contribution in [3.05, 3.63) is 70.8 Å². The number of carbonyl (C=O) groups is 2. The third-order valence-electron chi connectivity index (χ3n) is 3.79. The van der Waals surface area contributed by atoms with Gasteiger partial charge in [0.1, 0.15) is 0 Å². The Morgan fingerprint density at radius 1 is 0.963 bits per heavy atom. The van der Waals surface area contributed by atoms with Gasteiger partial charge in [-0.3, -0.25) is 14.2 Å². The maximum Gasteiger partial charge on any atom is 0.251 e. The van der Waals surface area contributed by atoms with Gasteiger partial charge in [0, 0.05) is 23.8 Å². The third-order valence-corrected chi connectivity index (χ3v) is 6.06. The number of primary amides is 1. The van der Waals surface area contributed by atoms with E-state index in [0.717, 1.165) is 11.1 Å². The molecule has 2 amide bonds. The molecule has 0 heterocycles. The summed E-state index contributed by atoms with van der Waals surface area (Å²) in [6.45, 7) is 0.397. The Balaban J connectivity index is 1.88. The lowest BCUT2D eigenvalue weighted by Crippen LogP contribution is -2.24. The van der Waals surface area contributed by atoms with Gasteiger partial charge in [-0.1, -0.05) is 36.4 Å². The number of benzene rings is 2. The van der Waals surface area contributed by atoms with Crippen molar-refractivity contribution in [1.29, 1.82) is 0 Å². The van der Waals surface area contributed by atoms with Gasteiger partial charge in [0.05, 0.1) is 0 Å². The highest BCUT2D eigenvalue weighted by molar-refractivity contribution is 8.09. The lowest BCUT2D eigenvalue weighted by atomic mass is 10.1. The quantitative estimate of drug-likeness (QED) is 0.378. The molecule has 140 valence electrons. The Kier molecular flexibility index (Phi) is 8.12. The van der Waals surface area contributed by atoms with Crippen LogP contribution in [0, 0.1) is 0 Å². The molecule has 0 aliphatic heterocycles. The number of nitrogens with one attached hydrogen (secondary N) is 1. The first kappa shape index (κ1) is 20.8. The number of hydrogen-bond donors (Lipinski definition) is 2. The number of carbonyl (C=O) groups excluding carboxylic acids is 2. The van der Waals surface area contributed by atoms with Crippen LogP contribution in [0.5, 0.6) is 0 Å². The second-order valence-corrected chi connectivity index (χ2v) is 9.30. The second-order valence-electron chi connectivity index (χ2n) is 5.79. The molecule has 8 heteroatoms. The largest absolute Gasteiger partial charge is 0.366 e. The van der Waals surface area contributed by atoms with E-state index in [0.29, 0.717) is 30.3 Å². The zero-order valence-corrected chi connectivity index (χ0v) is 16.4. The average Bonchev–Trinajstić information content (AvgIpc) is 2.70. The van der Waals surface area contributed by atoms with E-state index in [1.807, 2.05) is 24.3 Å². The first-order chi connectivity index (χ1) is 13.0. The molecule has 0 fully saturated rings. The van der Waals surface area contributed by atoms with Crippen LogP contribution in [-0.2, 0) is 9.13 Å². The van der Waals surface area contributed by atoms with Crippen molar-refractivity contribution in [3.63, 3.8) is 0 Å². The summed E-state index contributed by atoms with van der Waals surface area (Å²) < 4.78 is 21.5. The van der Waals surface area contributed by atoms with Crippen molar-refractivity contribution in [2.24, 2.45) is 5.73 Å². The van der Waals surface area contributed by atoms with E-state index < -0.39 is 13.4 Å². The molecule has 2 aromatic rings. The fourth-order valence-electron chi connectivity index (χ4n) is 2.29. The molecule has 1 unspecified atom stereocenters. The molecule has 1 atom stereocenters. The van der Waals surface area contributed by atoms with E-state index >= 15 is 0 Å². The molecule has 0 radical (unpaired) electrons. The molecule has 0 saturated heterocycles. The molecule has 27 heavy (non-hydrogen) atoms. The maximum absolute atomic E-state index is 12.0. The molecule has 0 saturated carbocycles. The standard InChI is InChI=1S/C19H20N2O4P2/c20-18(22)16-8-4-14(5-9-16)2-3-15-6-10-17(11-7-15)19(23)21-12-1-13-27(25)26-24/h2-11,27H,1,12-13H2,(H2,20,22)(H,21,23)/b3-2+. The monoisotopic (exact) mass is 402 g/mol. The van der Waals surface area contributed by atoms with Gasteiger partial charge in [0.25, 0.3) is 5.91 Å². The summed E-state index contributed by atoms with van der Waals surface area (Å²) in [6, 6.07) is 14.1. The van der Waals surface area contributed by atoms with Crippen LogP contribution in [-0.4, -0.2) is 24.5 Å². The highest BCUT2D eigenvalue weighted by atomic mass is 32.0. The van der Waals surface area contributed by atoms with E-state index in [9.17, 15) is 18.7 Å². The Morgan fingerprint density at radius 2 is 1.48 bits per heavy atom. The van der Waals surface area contributed by atoms with Gasteiger partial charge in [0.15, 0.2) is 7.49 Å². The average molecular weight is 402 g/mol. The minimum Gasteiger partial charge on any atom is -0.366 e. The molecule has 6 nitrogen and oxygen atoms in total. The fraction of sp³-hybridized carbons (Fsp3) is 0.158. The van der Waals surface area contributed by atoms with Crippen LogP contribution in [0.3, 0.4) is 0 Å². The third kappa shape index (κ3) is 6.93. The Bertz CT molecular complexity index is 862.